The highest BCUT2D eigenvalue weighted by molar-refractivity contribution is 7.98. The van der Waals surface area contributed by atoms with Crippen molar-refractivity contribution in [3.63, 3.8) is 0 Å². The van der Waals surface area contributed by atoms with Gasteiger partial charge in [-0.3, -0.25) is 0 Å². The minimum Gasteiger partial charge on any atom is -0.497 e. The molecule has 0 fully saturated rings. The molecule has 7 nitrogen and oxygen atoms in total. The van der Waals surface area contributed by atoms with Crippen LogP contribution in [0, 0.1) is 0 Å². The maximum atomic E-state index is 12.0. The molecule has 4 aromatic rings. The van der Waals surface area contributed by atoms with Crippen molar-refractivity contribution in [1.82, 2.24) is 14.8 Å². The van der Waals surface area contributed by atoms with Crippen molar-refractivity contribution in [3.05, 3.63) is 75.4 Å². The third kappa shape index (κ3) is 4.44. The molecule has 0 radical (unpaired) electrons. The van der Waals surface area contributed by atoms with E-state index in [1.54, 1.807) is 37.4 Å². The van der Waals surface area contributed by atoms with Gasteiger partial charge in [-0.2, -0.15) is 0 Å². The van der Waals surface area contributed by atoms with Gasteiger partial charge in [-0.1, -0.05) is 23.4 Å². The molecule has 0 unspecified atom stereocenters. The van der Waals surface area contributed by atoms with Crippen LogP contribution in [-0.2, 0) is 19.4 Å². The summed E-state index contributed by atoms with van der Waals surface area (Å²) in [6.45, 7) is 0.281. The minimum atomic E-state index is -0.402. The average Bonchev–Trinajstić information content (AvgIpc) is 3.10. The molecule has 30 heavy (non-hydrogen) atoms. The van der Waals surface area contributed by atoms with Gasteiger partial charge in [0.25, 0.3) is 0 Å². The lowest BCUT2D eigenvalue weighted by molar-refractivity contribution is 0.290. The van der Waals surface area contributed by atoms with Crippen LogP contribution < -0.4 is 15.1 Å². The highest BCUT2D eigenvalue weighted by Gasteiger charge is 2.13. The van der Waals surface area contributed by atoms with Gasteiger partial charge in [0.1, 0.15) is 23.7 Å². The van der Waals surface area contributed by atoms with Gasteiger partial charge in [-0.15, -0.1) is 10.2 Å². The summed E-state index contributed by atoms with van der Waals surface area (Å²) in [4.78, 5) is 12.0. The minimum absolute atomic E-state index is 0.281. The largest absolute Gasteiger partial charge is 0.497 e. The topological polar surface area (TPSA) is 79.4 Å². The van der Waals surface area contributed by atoms with Crippen molar-refractivity contribution in [2.75, 3.05) is 7.11 Å². The molecule has 0 spiro atoms. The first-order chi connectivity index (χ1) is 14.5. The molecule has 0 aliphatic heterocycles. The molecule has 0 saturated heterocycles. The highest BCUT2D eigenvalue weighted by atomic mass is 35.5. The lowest BCUT2D eigenvalue weighted by atomic mass is 10.1. The monoisotopic (exact) mass is 443 g/mol. The first-order valence-corrected chi connectivity index (χ1v) is 10.4. The number of benzene rings is 2. The number of thioether (sulfide) groups is 1. The average molecular weight is 444 g/mol. The summed E-state index contributed by atoms with van der Waals surface area (Å²) in [5.74, 6) is 2.57. The van der Waals surface area contributed by atoms with E-state index in [2.05, 4.69) is 10.2 Å². The van der Waals surface area contributed by atoms with Crippen molar-refractivity contribution in [2.24, 2.45) is 7.05 Å². The maximum absolute atomic E-state index is 12.0. The van der Waals surface area contributed by atoms with E-state index < -0.39 is 5.63 Å². The summed E-state index contributed by atoms with van der Waals surface area (Å²) >= 11 is 7.37. The Labute approximate surface area is 181 Å². The Morgan fingerprint density at radius 2 is 1.87 bits per heavy atom. The fourth-order valence-electron chi connectivity index (χ4n) is 2.87. The van der Waals surface area contributed by atoms with Gasteiger partial charge < -0.3 is 18.5 Å². The SMILES string of the molecule is COc1ccc2c(CSc3nnc(COc4ccc(Cl)cc4)n3C)cc(=O)oc2c1. The molecule has 0 amide bonds. The third-order valence-electron chi connectivity index (χ3n) is 4.50. The van der Waals surface area contributed by atoms with Gasteiger partial charge in [0.2, 0.25) is 0 Å². The van der Waals surface area contributed by atoms with Gasteiger partial charge in [0.15, 0.2) is 11.0 Å². The van der Waals surface area contributed by atoms with Crippen LogP contribution in [0.1, 0.15) is 11.4 Å². The van der Waals surface area contributed by atoms with E-state index in [0.717, 1.165) is 16.1 Å². The van der Waals surface area contributed by atoms with Crippen molar-refractivity contribution in [3.8, 4) is 11.5 Å². The number of aromatic nitrogens is 3. The summed E-state index contributed by atoms with van der Waals surface area (Å²) in [6.07, 6.45) is 0. The summed E-state index contributed by atoms with van der Waals surface area (Å²) < 4.78 is 18.1. The van der Waals surface area contributed by atoms with Crippen molar-refractivity contribution >= 4 is 34.3 Å². The molecule has 2 aromatic heterocycles. The fourth-order valence-corrected chi connectivity index (χ4v) is 3.92. The van der Waals surface area contributed by atoms with Crippen LogP contribution >= 0.6 is 23.4 Å². The lowest BCUT2D eigenvalue weighted by Gasteiger charge is -2.08. The predicted molar refractivity (Wildman–Crippen MR) is 115 cm³/mol. The van der Waals surface area contributed by atoms with E-state index in [1.807, 2.05) is 23.7 Å². The zero-order chi connectivity index (χ0) is 21.1. The van der Waals surface area contributed by atoms with E-state index in [1.165, 1.54) is 17.8 Å². The Kier molecular flexibility index (Phi) is 5.96. The van der Waals surface area contributed by atoms with Crippen LogP contribution in [-0.4, -0.2) is 21.9 Å². The molecule has 154 valence electrons. The van der Waals surface area contributed by atoms with Gasteiger partial charge in [-0.05, 0) is 42.0 Å². The maximum Gasteiger partial charge on any atom is 0.336 e. The molecule has 0 saturated carbocycles. The van der Waals surface area contributed by atoms with E-state index in [4.69, 9.17) is 25.5 Å². The number of hydrogen-bond acceptors (Lipinski definition) is 7. The molecule has 2 aromatic carbocycles. The molecule has 0 N–H and O–H groups in total. The van der Waals surface area contributed by atoms with E-state index in [-0.39, 0.29) is 6.61 Å². The number of ether oxygens (including phenoxy) is 2. The van der Waals surface area contributed by atoms with E-state index in [0.29, 0.717) is 33.7 Å². The van der Waals surface area contributed by atoms with Crippen molar-refractivity contribution in [2.45, 2.75) is 17.5 Å². The quantitative estimate of drug-likeness (QED) is 0.308. The third-order valence-corrected chi connectivity index (χ3v) is 5.82. The smallest absolute Gasteiger partial charge is 0.336 e. The Balaban J connectivity index is 1.48. The van der Waals surface area contributed by atoms with E-state index >= 15 is 0 Å². The fraction of sp³-hybridized carbons (Fsp3) is 0.190. The Morgan fingerprint density at radius 3 is 2.63 bits per heavy atom. The van der Waals surface area contributed by atoms with Crippen molar-refractivity contribution < 1.29 is 13.9 Å². The van der Waals surface area contributed by atoms with Gasteiger partial charge in [-0.25, -0.2) is 4.79 Å². The number of methoxy groups -OCH3 is 1. The van der Waals surface area contributed by atoms with E-state index in [9.17, 15) is 4.79 Å². The van der Waals surface area contributed by atoms with Crippen LogP contribution in [0.5, 0.6) is 11.5 Å². The van der Waals surface area contributed by atoms with Gasteiger partial charge in [0, 0.05) is 35.3 Å². The van der Waals surface area contributed by atoms with Crippen molar-refractivity contribution in [1.29, 1.82) is 0 Å². The normalized spacial score (nSPS) is 11.0. The Hall–Kier alpha value is -2.97. The molecule has 0 atom stereocenters. The number of nitrogens with zero attached hydrogens (tertiary/aromatic N) is 3. The first-order valence-electron chi connectivity index (χ1n) is 9.03. The van der Waals surface area contributed by atoms with Gasteiger partial charge in [0.05, 0.1) is 7.11 Å². The van der Waals surface area contributed by atoms with Gasteiger partial charge >= 0.3 is 5.63 Å². The molecule has 0 aliphatic carbocycles. The number of hydrogen-bond donors (Lipinski definition) is 0. The zero-order valence-electron chi connectivity index (χ0n) is 16.3. The second kappa shape index (κ2) is 8.81. The summed E-state index contributed by atoms with van der Waals surface area (Å²) in [6, 6.07) is 14.1. The van der Waals surface area contributed by atoms with Crippen LogP contribution in [0.2, 0.25) is 5.02 Å². The standard InChI is InChI=1S/C21H18ClN3O4S/c1-25-19(11-28-15-5-3-14(22)4-6-15)23-24-21(25)30-12-13-9-20(26)29-18-10-16(27-2)7-8-17(13)18/h3-10H,11-12H2,1-2H3. The lowest BCUT2D eigenvalue weighted by Crippen LogP contribution is -2.04. The van der Waals surface area contributed by atoms with Crippen LogP contribution in [0.3, 0.4) is 0 Å². The molecular formula is C21H18ClN3O4S. The molecular weight excluding hydrogens is 426 g/mol. The van der Waals surface area contributed by atoms with Crippen LogP contribution in [0.15, 0.2) is 62.9 Å². The Morgan fingerprint density at radius 1 is 1.10 bits per heavy atom. The summed E-state index contributed by atoms with van der Waals surface area (Å²) in [5, 5.41) is 10.7. The zero-order valence-corrected chi connectivity index (χ0v) is 17.9. The van der Waals surface area contributed by atoms with Crippen LogP contribution in [0.25, 0.3) is 11.0 Å². The highest BCUT2D eigenvalue weighted by Crippen LogP contribution is 2.28. The predicted octanol–water partition coefficient (Wildman–Crippen LogP) is 4.45. The Bertz CT molecular complexity index is 1240. The number of halogens is 1. The summed E-state index contributed by atoms with van der Waals surface area (Å²) in [5.41, 5.74) is 0.949. The number of fused-ring (bicyclic) bond motifs is 1. The molecule has 2 heterocycles. The van der Waals surface area contributed by atoms with Crippen LogP contribution in [0.4, 0.5) is 0 Å². The molecule has 0 aliphatic rings. The first kappa shape index (κ1) is 20.3. The number of rotatable bonds is 7. The summed E-state index contributed by atoms with van der Waals surface area (Å²) in [7, 11) is 3.45. The second-order valence-electron chi connectivity index (χ2n) is 6.44. The molecule has 9 heteroatoms. The molecule has 4 rings (SSSR count). The second-order valence-corrected chi connectivity index (χ2v) is 7.82. The molecule has 0 bridgehead atoms.